The van der Waals surface area contributed by atoms with Crippen molar-refractivity contribution in [1.82, 2.24) is 25.7 Å². The molecule has 2 N–H and O–H groups in total. The first-order valence-electron chi connectivity index (χ1n) is 9.68. The van der Waals surface area contributed by atoms with E-state index in [0.717, 1.165) is 36.0 Å². The number of amides is 1. The molecule has 1 amide bonds. The molecule has 1 aromatic carbocycles. The third-order valence-corrected chi connectivity index (χ3v) is 5.96. The summed E-state index contributed by atoms with van der Waals surface area (Å²) in [5.74, 6) is 0.0548. The lowest BCUT2D eigenvalue weighted by Gasteiger charge is -2.36. The number of hydrogen-bond donors (Lipinski definition) is 2. The van der Waals surface area contributed by atoms with Crippen LogP contribution in [0, 0.1) is 6.92 Å². The van der Waals surface area contributed by atoms with E-state index < -0.39 is 22.7 Å². The Bertz CT molecular complexity index is 991. The monoisotopic (exact) mass is 439 g/mol. The van der Waals surface area contributed by atoms with Crippen LogP contribution >= 0.6 is 11.6 Å². The quantitative estimate of drug-likeness (QED) is 0.748. The average Bonchev–Trinajstić information content (AvgIpc) is 3.20. The lowest BCUT2D eigenvalue weighted by atomic mass is 9.93. The van der Waals surface area contributed by atoms with E-state index in [4.69, 9.17) is 11.6 Å². The second-order valence-corrected chi connectivity index (χ2v) is 8.02. The van der Waals surface area contributed by atoms with Gasteiger partial charge in [0.05, 0.1) is 40.1 Å². The predicted octanol–water partition coefficient (Wildman–Crippen LogP) is 3.58. The van der Waals surface area contributed by atoms with Crippen LogP contribution in [-0.2, 0) is 19.1 Å². The summed E-state index contributed by atoms with van der Waals surface area (Å²) in [6.45, 7) is 4.68. The molecule has 1 saturated heterocycles. The molecule has 0 saturated carbocycles. The summed E-state index contributed by atoms with van der Waals surface area (Å²) in [6.07, 6.45) is -3.22. The van der Waals surface area contributed by atoms with E-state index in [1.165, 1.54) is 17.0 Å². The number of hydrogen-bond acceptors (Lipinski definition) is 5. The number of carbonyl (C=O) groups is 1. The first-order valence-corrected chi connectivity index (χ1v) is 10.1. The molecular weight excluding hydrogens is 419 g/mol. The summed E-state index contributed by atoms with van der Waals surface area (Å²) in [4.78, 5) is 23.8. The minimum Gasteiger partial charge on any atom is -0.330 e. The van der Waals surface area contributed by atoms with E-state index in [9.17, 15) is 18.0 Å². The molecule has 10 heteroatoms. The van der Waals surface area contributed by atoms with Gasteiger partial charge in [-0.25, -0.2) is 15.4 Å². The number of rotatable bonds is 2. The van der Waals surface area contributed by atoms with E-state index in [-0.39, 0.29) is 24.2 Å². The zero-order valence-corrected chi connectivity index (χ0v) is 17.2. The second-order valence-electron chi connectivity index (χ2n) is 7.64. The molecule has 1 unspecified atom stereocenters. The van der Waals surface area contributed by atoms with Gasteiger partial charge in [0.25, 0.3) is 5.91 Å². The Balaban J connectivity index is 1.68. The summed E-state index contributed by atoms with van der Waals surface area (Å²) in [5.41, 5.74) is 7.77. The van der Waals surface area contributed by atoms with Crippen LogP contribution in [-0.4, -0.2) is 33.4 Å². The predicted molar refractivity (Wildman–Crippen MR) is 105 cm³/mol. The number of alkyl halides is 3. The number of halogens is 4. The average molecular weight is 440 g/mol. The van der Waals surface area contributed by atoms with Crippen LogP contribution in [0.1, 0.15) is 58.1 Å². The van der Waals surface area contributed by atoms with Crippen molar-refractivity contribution >= 4 is 17.5 Å². The maximum absolute atomic E-state index is 13.2. The van der Waals surface area contributed by atoms with Gasteiger partial charge in [0.1, 0.15) is 5.82 Å². The number of aryl methyl sites for hydroxylation is 1. The van der Waals surface area contributed by atoms with Crippen molar-refractivity contribution in [2.45, 2.75) is 51.5 Å². The van der Waals surface area contributed by atoms with Crippen LogP contribution in [0.3, 0.4) is 0 Å². The van der Waals surface area contributed by atoms with Crippen molar-refractivity contribution in [3.8, 4) is 0 Å². The van der Waals surface area contributed by atoms with Crippen molar-refractivity contribution in [3.05, 3.63) is 57.1 Å². The molecule has 30 heavy (non-hydrogen) atoms. The molecule has 1 fully saturated rings. The normalized spacial score (nSPS) is 21.6. The summed E-state index contributed by atoms with van der Waals surface area (Å²) in [7, 11) is 0. The number of nitrogens with one attached hydrogen (secondary N) is 2. The van der Waals surface area contributed by atoms with Gasteiger partial charge in [-0.1, -0.05) is 17.7 Å². The highest BCUT2D eigenvalue weighted by Crippen LogP contribution is 2.37. The molecular formula is C20H21ClF3N5O. The highest BCUT2D eigenvalue weighted by molar-refractivity contribution is 6.34. The molecule has 2 atom stereocenters. The zero-order valence-electron chi connectivity index (χ0n) is 16.5. The molecule has 6 nitrogen and oxygen atoms in total. The van der Waals surface area contributed by atoms with Crippen molar-refractivity contribution < 1.29 is 18.0 Å². The Labute approximate surface area is 176 Å². The van der Waals surface area contributed by atoms with Crippen LogP contribution < -0.4 is 10.9 Å². The van der Waals surface area contributed by atoms with Crippen LogP contribution in [0.15, 0.2) is 18.2 Å². The smallest absolute Gasteiger partial charge is 0.330 e. The number of aromatic nitrogens is 2. The molecule has 0 bridgehead atoms. The fourth-order valence-corrected chi connectivity index (χ4v) is 4.39. The summed E-state index contributed by atoms with van der Waals surface area (Å²) in [5, 5.41) is -0.575. The van der Waals surface area contributed by atoms with E-state index >= 15 is 0 Å². The number of carbonyl (C=O) groups excluding carboxylic acids is 1. The fourth-order valence-electron chi connectivity index (χ4n) is 4.07. The van der Waals surface area contributed by atoms with Crippen LogP contribution in [0.25, 0.3) is 0 Å². The van der Waals surface area contributed by atoms with Crippen molar-refractivity contribution in [3.63, 3.8) is 0 Å². The van der Waals surface area contributed by atoms with Crippen LogP contribution in [0.2, 0.25) is 5.02 Å². The van der Waals surface area contributed by atoms with E-state index in [1.807, 2.05) is 6.92 Å². The highest BCUT2D eigenvalue weighted by atomic mass is 35.5. The molecule has 4 rings (SSSR count). The van der Waals surface area contributed by atoms with Gasteiger partial charge in [-0.3, -0.25) is 10.2 Å². The Morgan fingerprint density at radius 2 is 2.07 bits per heavy atom. The molecule has 160 valence electrons. The van der Waals surface area contributed by atoms with E-state index in [2.05, 4.69) is 20.8 Å². The van der Waals surface area contributed by atoms with Crippen molar-refractivity contribution in [1.29, 1.82) is 0 Å². The number of benzene rings is 1. The first-order chi connectivity index (χ1) is 14.2. The molecule has 2 aliphatic rings. The Kier molecular flexibility index (Phi) is 5.46. The minimum absolute atomic E-state index is 0.0628. The molecule has 2 aromatic rings. The Hall–Kier alpha value is -2.23. The molecule has 1 aromatic heterocycles. The number of hydrazine groups is 1. The van der Waals surface area contributed by atoms with Gasteiger partial charge in [0, 0.05) is 18.2 Å². The molecule has 0 spiro atoms. The van der Waals surface area contributed by atoms with Gasteiger partial charge >= 0.3 is 6.18 Å². The maximum Gasteiger partial charge on any atom is 0.417 e. The van der Waals surface area contributed by atoms with Crippen LogP contribution in [0.5, 0.6) is 0 Å². The van der Waals surface area contributed by atoms with Gasteiger partial charge in [-0.2, -0.15) is 13.2 Å². The second kappa shape index (κ2) is 7.79. The third kappa shape index (κ3) is 3.77. The third-order valence-electron chi connectivity index (χ3n) is 5.55. The molecule has 0 radical (unpaired) electrons. The minimum atomic E-state index is -4.63. The van der Waals surface area contributed by atoms with Crippen molar-refractivity contribution in [2.24, 2.45) is 0 Å². The summed E-state index contributed by atoms with van der Waals surface area (Å²) < 4.78 is 39.6. The van der Waals surface area contributed by atoms with Gasteiger partial charge < -0.3 is 4.90 Å². The largest absolute Gasteiger partial charge is 0.417 e. The van der Waals surface area contributed by atoms with E-state index in [0.29, 0.717) is 12.2 Å². The zero-order chi connectivity index (χ0) is 21.6. The number of fused-ring (bicyclic) bond motifs is 1. The van der Waals surface area contributed by atoms with Crippen LogP contribution in [0.4, 0.5) is 13.2 Å². The van der Waals surface area contributed by atoms with Gasteiger partial charge in [-0.15, -0.1) is 0 Å². The summed E-state index contributed by atoms with van der Waals surface area (Å²) >= 11 is 5.98. The van der Waals surface area contributed by atoms with Gasteiger partial charge in [0.2, 0.25) is 0 Å². The number of nitrogens with zero attached hydrogens (tertiary/aromatic N) is 3. The maximum atomic E-state index is 13.2. The molecule has 3 heterocycles. The molecule has 2 aliphatic heterocycles. The Morgan fingerprint density at radius 1 is 1.30 bits per heavy atom. The van der Waals surface area contributed by atoms with Gasteiger partial charge in [-0.05, 0) is 38.8 Å². The summed E-state index contributed by atoms with van der Waals surface area (Å²) in [6, 6.07) is 3.22. The standard InChI is InChI=1S/C20H21ClF3N5O/c1-10-8-13-16(26-11(2)27-18(13)15-6-7-25-28-15)9-29(10)19(30)12-4-3-5-14(17(12)21)20(22,23)24/h3-5,10,15,25,28H,6-9H2,1-2H3/t10-,15?/m1/s1. The lowest BCUT2D eigenvalue weighted by Crippen LogP contribution is -2.44. The topological polar surface area (TPSA) is 70.2 Å². The fraction of sp³-hybridized carbons (Fsp3) is 0.450. The van der Waals surface area contributed by atoms with Gasteiger partial charge in [0.15, 0.2) is 0 Å². The lowest BCUT2D eigenvalue weighted by molar-refractivity contribution is -0.137. The SMILES string of the molecule is Cc1nc2c(c(C3CCNN3)n1)C[C@@H](C)N(C(=O)c1cccc(C(F)(F)F)c1Cl)C2. The first kappa shape index (κ1) is 21.0. The van der Waals surface area contributed by atoms with Crippen molar-refractivity contribution in [2.75, 3.05) is 6.54 Å². The molecule has 0 aliphatic carbocycles. The van der Waals surface area contributed by atoms with E-state index in [1.54, 1.807) is 6.92 Å². The Morgan fingerprint density at radius 3 is 2.73 bits per heavy atom. The highest BCUT2D eigenvalue weighted by Gasteiger charge is 2.37.